The molecule has 1 heterocycles. The first kappa shape index (κ1) is 14.2. The van der Waals surface area contributed by atoms with Crippen molar-refractivity contribution in [1.29, 1.82) is 0 Å². The van der Waals surface area contributed by atoms with Crippen molar-refractivity contribution in [2.24, 2.45) is 0 Å². The van der Waals surface area contributed by atoms with Gasteiger partial charge in [-0.25, -0.2) is 4.98 Å². The Morgan fingerprint density at radius 2 is 1.64 bits per heavy atom. The first-order valence-electron chi connectivity index (χ1n) is 7.07. The van der Waals surface area contributed by atoms with E-state index in [0.717, 1.165) is 33.5 Å². The van der Waals surface area contributed by atoms with Crippen molar-refractivity contribution in [2.45, 2.75) is 6.42 Å². The van der Waals surface area contributed by atoms with Crippen LogP contribution in [0.2, 0.25) is 0 Å². The fourth-order valence-electron chi connectivity index (χ4n) is 2.59. The zero-order valence-corrected chi connectivity index (χ0v) is 12.7. The standard InChI is InChI=1S/C18H18N2O2/c1-21-15-8-4-3-6-12(15)10-14-11-13-7-5-9-16(22-2)17(13)20-18(14)19/h3-9,11H,10H2,1-2H3,(H2,19,20). The smallest absolute Gasteiger partial charge is 0.145 e. The second-order valence-corrected chi connectivity index (χ2v) is 5.05. The molecule has 0 aliphatic carbocycles. The summed E-state index contributed by atoms with van der Waals surface area (Å²) in [5.74, 6) is 2.10. The van der Waals surface area contributed by atoms with E-state index in [1.54, 1.807) is 14.2 Å². The molecule has 0 spiro atoms. The number of aromatic nitrogens is 1. The van der Waals surface area contributed by atoms with Gasteiger partial charge in [0.05, 0.1) is 14.2 Å². The Morgan fingerprint density at radius 1 is 0.909 bits per heavy atom. The van der Waals surface area contributed by atoms with Crippen molar-refractivity contribution >= 4 is 16.7 Å². The molecular weight excluding hydrogens is 276 g/mol. The summed E-state index contributed by atoms with van der Waals surface area (Å²) >= 11 is 0. The molecule has 4 heteroatoms. The number of ether oxygens (including phenoxy) is 2. The zero-order chi connectivity index (χ0) is 15.5. The molecule has 3 aromatic rings. The van der Waals surface area contributed by atoms with Crippen LogP contribution in [-0.4, -0.2) is 19.2 Å². The van der Waals surface area contributed by atoms with Crippen LogP contribution in [0.3, 0.4) is 0 Å². The number of nitrogens with zero attached hydrogens (tertiary/aromatic N) is 1. The Hall–Kier alpha value is -2.75. The Morgan fingerprint density at radius 3 is 2.41 bits per heavy atom. The normalized spacial score (nSPS) is 10.6. The Labute approximate surface area is 129 Å². The summed E-state index contributed by atoms with van der Waals surface area (Å²) < 4.78 is 10.7. The second kappa shape index (κ2) is 5.93. The van der Waals surface area contributed by atoms with Gasteiger partial charge in [0.1, 0.15) is 22.8 Å². The summed E-state index contributed by atoms with van der Waals surface area (Å²) in [7, 11) is 3.31. The molecule has 0 amide bonds. The molecule has 0 fully saturated rings. The topological polar surface area (TPSA) is 57.4 Å². The molecule has 112 valence electrons. The van der Waals surface area contributed by atoms with E-state index >= 15 is 0 Å². The lowest BCUT2D eigenvalue weighted by Crippen LogP contribution is -2.01. The third kappa shape index (κ3) is 2.55. The van der Waals surface area contributed by atoms with Crippen LogP contribution in [0.1, 0.15) is 11.1 Å². The predicted octanol–water partition coefficient (Wildman–Crippen LogP) is 3.43. The lowest BCUT2D eigenvalue weighted by molar-refractivity contribution is 0.410. The van der Waals surface area contributed by atoms with Crippen LogP contribution in [0.25, 0.3) is 10.9 Å². The van der Waals surface area contributed by atoms with Gasteiger partial charge in [-0.3, -0.25) is 0 Å². The Bertz CT molecular complexity index is 815. The number of methoxy groups -OCH3 is 2. The molecule has 1 aromatic heterocycles. The largest absolute Gasteiger partial charge is 0.496 e. The highest BCUT2D eigenvalue weighted by atomic mass is 16.5. The molecule has 22 heavy (non-hydrogen) atoms. The van der Waals surface area contributed by atoms with Crippen molar-refractivity contribution in [2.75, 3.05) is 20.0 Å². The summed E-state index contributed by atoms with van der Waals surface area (Å²) in [5, 5.41) is 1.01. The highest BCUT2D eigenvalue weighted by Crippen LogP contribution is 2.29. The van der Waals surface area contributed by atoms with E-state index in [-0.39, 0.29) is 0 Å². The predicted molar refractivity (Wildman–Crippen MR) is 88.5 cm³/mol. The molecule has 0 saturated heterocycles. The first-order chi connectivity index (χ1) is 10.7. The SMILES string of the molecule is COc1ccccc1Cc1cc2cccc(OC)c2nc1N. The third-order valence-corrected chi connectivity index (χ3v) is 3.71. The van der Waals surface area contributed by atoms with Gasteiger partial charge in [0.2, 0.25) is 0 Å². The van der Waals surface area contributed by atoms with Gasteiger partial charge in [-0.15, -0.1) is 0 Å². The molecule has 3 rings (SSSR count). The minimum Gasteiger partial charge on any atom is -0.496 e. The number of para-hydroxylation sites is 2. The van der Waals surface area contributed by atoms with Gasteiger partial charge in [0.15, 0.2) is 0 Å². The monoisotopic (exact) mass is 294 g/mol. The molecule has 0 bridgehead atoms. The zero-order valence-electron chi connectivity index (χ0n) is 12.7. The number of hydrogen-bond acceptors (Lipinski definition) is 4. The molecule has 2 aromatic carbocycles. The number of anilines is 1. The molecule has 0 unspecified atom stereocenters. The van der Waals surface area contributed by atoms with Gasteiger partial charge < -0.3 is 15.2 Å². The van der Waals surface area contributed by atoms with Gasteiger partial charge in [-0.05, 0) is 29.3 Å². The highest BCUT2D eigenvalue weighted by molar-refractivity contribution is 5.86. The van der Waals surface area contributed by atoms with Crippen LogP contribution in [-0.2, 0) is 6.42 Å². The fraction of sp³-hybridized carbons (Fsp3) is 0.167. The first-order valence-corrected chi connectivity index (χ1v) is 7.07. The van der Waals surface area contributed by atoms with Crippen LogP contribution in [0.4, 0.5) is 5.82 Å². The van der Waals surface area contributed by atoms with Crippen molar-refractivity contribution in [3.63, 3.8) is 0 Å². The van der Waals surface area contributed by atoms with Gasteiger partial charge in [0.25, 0.3) is 0 Å². The maximum atomic E-state index is 6.14. The number of fused-ring (bicyclic) bond motifs is 1. The summed E-state index contributed by atoms with van der Waals surface area (Å²) in [5.41, 5.74) is 8.99. The van der Waals surface area contributed by atoms with E-state index < -0.39 is 0 Å². The minimum atomic E-state index is 0.517. The van der Waals surface area contributed by atoms with Gasteiger partial charge in [-0.2, -0.15) is 0 Å². The lowest BCUT2D eigenvalue weighted by Gasteiger charge is -2.12. The van der Waals surface area contributed by atoms with Crippen molar-refractivity contribution in [3.8, 4) is 11.5 Å². The molecule has 0 radical (unpaired) electrons. The number of benzene rings is 2. The summed E-state index contributed by atoms with van der Waals surface area (Å²) in [6.45, 7) is 0. The van der Waals surface area contributed by atoms with Crippen LogP contribution in [0.5, 0.6) is 11.5 Å². The van der Waals surface area contributed by atoms with Crippen LogP contribution in [0.15, 0.2) is 48.5 Å². The average Bonchev–Trinajstić information content (AvgIpc) is 2.55. The minimum absolute atomic E-state index is 0.517. The van der Waals surface area contributed by atoms with Crippen LogP contribution < -0.4 is 15.2 Å². The van der Waals surface area contributed by atoms with Crippen molar-refractivity contribution < 1.29 is 9.47 Å². The van der Waals surface area contributed by atoms with Crippen molar-refractivity contribution in [3.05, 3.63) is 59.7 Å². The van der Waals surface area contributed by atoms with Gasteiger partial charge in [-0.1, -0.05) is 30.3 Å². The fourth-order valence-corrected chi connectivity index (χ4v) is 2.59. The van der Waals surface area contributed by atoms with Crippen molar-refractivity contribution in [1.82, 2.24) is 4.98 Å². The highest BCUT2D eigenvalue weighted by Gasteiger charge is 2.10. The Kier molecular flexibility index (Phi) is 3.83. The summed E-state index contributed by atoms with van der Waals surface area (Å²) in [4.78, 5) is 4.51. The number of nitrogen functional groups attached to an aromatic ring is 1. The number of pyridine rings is 1. The molecule has 0 atom stereocenters. The maximum Gasteiger partial charge on any atom is 0.145 e. The Balaban J connectivity index is 2.06. The van der Waals surface area contributed by atoms with E-state index in [1.807, 2.05) is 42.5 Å². The molecule has 2 N–H and O–H groups in total. The average molecular weight is 294 g/mol. The molecule has 0 aliphatic heterocycles. The molecule has 4 nitrogen and oxygen atoms in total. The van der Waals surface area contributed by atoms with E-state index in [0.29, 0.717) is 12.2 Å². The lowest BCUT2D eigenvalue weighted by atomic mass is 10.0. The van der Waals surface area contributed by atoms with E-state index in [1.165, 1.54) is 0 Å². The molecule has 0 saturated carbocycles. The van der Waals surface area contributed by atoms with Crippen LogP contribution in [0, 0.1) is 0 Å². The summed E-state index contributed by atoms with van der Waals surface area (Å²) in [6, 6.07) is 15.8. The molecule has 0 aliphatic rings. The number of nitrogens with two attached hydrogens (primary N) is 1. The van der Waals surface area contributed by atoms with Gasteiger partial charge >= 0.3 is 0 Å². The van der Waals surface area contributed by atoms with E-state index in [2.05, 4.69) is 11.1 Å². The number of hydrogen-bond donors (Lipinski definition) is 1. The molecular formula is C18H18N2O2. The summed E-state index contributed by atoms with van der Waals surface area (Å²) in [6.07, 6.45) is 0.677. The second-order valence-electron chi connectivity index (χ2n) is 5.05. The van der Waals surface area contributed by atoms with Crippen LogP contribution >= 0.6 is 0 Å². The van der Waals surface area contributed by atoms with E-state index in [9.17, 15) is 0 Å². The quantitative estimate of drug-likeness (QED) is 0.801. The number of rotatable bonds is 4. The maximum absolute atomic E-state index is 6.14. The van der Waals surface area contributed by atoms with Gasteiger partial charge in [0, 0.05) is 11.8 Å². The third-order valence-electron chi connectivity index (χ3n) is 3.71. The van der Waals surface area contributed by atoms with E-state index in [4.69, 9.17) is 15.2 Å².